The Bertz CT molecular complexity index is 992. The van der Waals surface area contributed by atoms with Gasteiger partial charge in [-0.25, -0.2) is 14.0 Å². The number of cyclic esters (lactones) is 1. The second kappa shape index (κ2) is 8.68. The minimum Gasteiger partial charge on any atom is -0.447 e. The Kier molecular flexibility index (Phi) is 5.94. The maximum atomic E-state index is 14.0. The maximum absolute atomic E-state index is 14.0. The summed E-state index contributed by atoms with van der Waals surface area (Å²) in [5, 5.41) is 2.07. The van der Waals surface area contributed by atoms with Crippen LogP contribution in [-0.4, -0.2) is 47.7 Å². The standard InChI is InChI=1S/C22H21F4N3O3/c23-17-8-4-7-16(22(24,25)26)19(17)27-20(30)28-11-9-15(10-12-28)29-18(13-32-21(29)31)14-5-2-1-3-6-14/h1-8,15,18H,9-13H2,(H,27,30). The number of halogens is 4. The summed E-state index contributed by atoms with van der Waals surface area (Å²) >= 11 is 0. The Morgan fingerprint density at radius 1 is 1.03 bits per heavy atom. The number of rotatable bonds is 3. The molecular weight excluding hydrogens is 430 g/mol. The number of para-hydroxylation sites is 1. The fourth-order valence-electron chi connectivity index (χ4n) is 4.19. The summed E-state index contributed by atoms with van der Waals surface area (Å²) in [5.41, 5.74) is -1.19. The lowest BCUT2D eigenvalue weighted by Gasteiger charge is -2.38. The summed E-state index contributed by atoms with van der Waals surface area (Å²) in [4.78, 5) is 27.9. The van der Waals surface area contributed by atoms with Crippen molar-refractivity contribution in [3.05, 3.63) is 65.5 Å². The van der Waals surface area contributed by atoms with Gasteiger partial charge < -0.3 is 15.0 Å². The third-order valence-electron chi connectivity index (χ3n) is 5.79. The molecule has 2 heterocycles. The van der Waals surface area contributed by atoms with Gasteiger partial charge >= 0.3 is 18.3 Å². The fourth-order valence-corrected chi connectivity index (χ4v) is 4.19. The van der Waals surface area contributed by atoms with Crippen LogP contribution in [0.3, 0.4) is 0 Å². The molecule has 6 nitrogen and oxygen atoms in total. The Morgan fingerprint density at radius 3 is 2.38 bits per heavy atom. The topological polar surface area (TPSA) is 61.9 Å². The third-order valence-corrected chi connectivity index (χ3v) is 5.79. The lowest BCUT2D eigenvalue weighted by Crippen LogP contribution is -2.48. The summed E-state index contributed by atoms with van der Waals surface area (Å²) in [6.07, 6.45) is -4.38. The van der Waals surface area contributed by atoms with Crippen molar-refractivity contribution in [1.82, 2.24) is 9.80 Å². The van der Waals surface area contributed by atoms with Crippen molar-refractivity contribution >= 4 is 17.8 Å². The number of hydrogen-bond donors (Lipinski definition) is 1. The van der Waals surface area contributed by atoms with Crippen molar-refractivity contribution in [2.24, 2.45) is 0 Å². The van der Waals surface area contributed by atoms with Gasteiger partial charge in [0.2, 0.25) is 0 Å². The molecule has 10 heteroatoms. The van der Waals surface area contributed by atoms with Crippen molar-refractivity contribution in [2.45, 2.75) is 31.1 Å². The molecule has 2 saturated heterocycles. The van der Waals surface area contributed by atoms with Crippen LogP contribution < -0.4 is 5.32 Å². The number of benzene rings is 2. The number of urea groups is 1. The van der Waals surface area contributed by atoms with Crippen molar-refractivity contribution in [2.75, 3.05) is 25.0 Å². The smallest absolute Gasteiger partial charge is 0.418 e. The van der Waals surface area contributed by atoms with Gasteiger partial charge in [0.15, 0.2) is 0 Å². The molecule has 0 spiro atoms. The summed E-state index contributed by atoms with van der Waals surface area (Å²) in [6.45, 7) is 0.645. The van der Waals surface area contributed by atoms with Crippen LogP contribution in [0.4, 0.5) is 32.8 Å². The van der Waals surface area contributed by atoms with Crippen molar-refractivity contribution in [1.29, 1.82) is 0 Å². The van der Waals surface area contributed by atoms with E-state index in [1.54, 1.807) is 4.90 Å². The zero-order chi connectivity index (χ0) is 22.9. The Hall–Kier alpha value is -3.30. The molecule has 2 aliphatic heterocycles. The van der Waals surface area contributed by atoms with Gasteiger partial charge in [-0.1, -0.05) is 36.4 Å². The van der Waals surface area contributed by atoms with E-state index in [0.29, 0.717) is 18.9 Å². The number of amides is 3. The van der Waals surface area contributed by atoms with Gasteiger partial charge in [-0.15, -0.1) is 0 Å². The Morgan fingerprint density at radius 2 is 1.72 bits per heavy atom. The van der Waals surface area contributed by atoms with E-state index in [4.69, 9.17) is 4.74 Å². The number of hydrogen-bond acceptors (Lipinski definition) is 3. The quantitative estimate of drug-likeness (QED) is 0.666. The van der Waals surface area contributed by atoms with Crippen LogP contribution in [0.2, 0.25) is 0 Å². The first kappa shape index (κ1) is 21.9. The predicted octanol–water partition coefficient (Wildman–Crippen LogP) is 5.03. The molecule has 2 aromatic carbocycles. The highest BCUT2D eigenvalue weighted by Crippen LogP contribution is 2.37. The second-order valence-electron chi connectivity index (χ2n) is 7.72. The van der Waals surface area contributed by atoms with Crippen molar-refractivity contribution < 1.29 is 31.9 Å². The van der Waals surface area contributed by atoms with Crippen LogP contribution in [0.5, 0.6) is 0 Å². The zero-order valence-corrected chi connectivity index (χ0v) is 16.9. The second-order valence-corrected chi connectivity index (χ2v) is 7.72. The lowest BCUT2D eigenvalue weighted by molar-refractivity contribution is -0.137. The summed E-state index contributed by atoms with van der Waals surface area (Å²) < 4.78 is 58.8. The molecule has 1 N–H and O–H groups in total. The molecule has 0 aromatic heterocycles. The molecule has 0 bridgehead atoms. The summed E-state index contributed by atoms with van der Waals surface area (Å²) in [6, 6.07) is 10.7. The summed E-state index contributed by atoms with van der Waals surface area (Å²) in [7, 11) is 0. The SMILES string of the molecule is O=C(Nc1c(F)cccc1C(F)(F)F)N1CCC(N2C(=O)OCC2c2ccccc2)CC1. The van der Waals surface area contributed by atoms with E-state index in [-0.39, 0.29) is 31.8 Å². The van der Waals surface area contributed by atoms with Gasteiger partial charge in [0.1, 0.15) is 12.4 Å². The molecule has 1 unspecified atom stereocenters. The molecule has 0 saturated carbocycles. The molecule has 2 aromatic rings. The van der Waals surface area contributed by atoms with E-state index in [9.17, 15) is 27.2 Å². The van der Waals surface area contributed by atoms with Crippen molar-refractivity contribution in [3.8, 4) is 0 Å². The largest absolute Gasteiger partial charge is 0.447 e. The average molecular weight is 451 g/mol. The van der Waals surface area contributed by atoms with Gasteiger partial charge in [0, 0.05) is 19.1 Å². The Balaban J connectivity index is 1.42. The first-order valence-corrected chi connectivity index (χ1v) is 10.2. The Labute approximate surface area is 181 Å². The van der Waals surface area contributed by atoms with Crippen LogP contribution >= 0.6 is 0 Å². The zero-order valence-electron chi connectivity index (χ0n) is 16.9. The number of likely N-dealkylation sites (tertiary alicyclic amines) is 1. The monoisotopic (exact) mass is 451 g/mol. The molecular formula is C22H21F4N3O3. The van der Waals surface area contributed by atoms with E-state index >= 15 is 0 Å². The summed E-state index contributed by atoms with van der Waals surface area (Å²) in [5.74, 6) is -1.16. The predicted molar refractivity (Wildman–Crippen MR) is 107 cm³/mol. The van der Waals surface area contributed by atoms with Crippen LogP contribution in [0, 0.1) is 5.82 Å². The molecule has 0 aliphatic carbocycles. The van der Waals surface area contributed by atoms with Crippen LogP contribution in [-0.2, 0) is 10.9 Å². The number of ether oxygens (including phenoxy) is 1. The highest BCUT2D eigenvalue weighted by atomic mass is 19.4. The van der Waals surface area contributed by atoms with E-state index < -0.39 is 35.4 Å². The minimum atomic E-state index is -4.81. The van der Waals surface area contributed by atoms with Crippen molar-refractivity contribution in [3.63, 3.8) is 0 Å². The third kappa shape index (κ3) is 4.35. The molecule has 32 heavy (non-hydrogen) atoms. The number of piperidine rings is 1. The molecule has 2 aliphatic rings. The molecule has 4 rings (SSSR count). The fraction of sp³-hybridized carbons (Fsp3) is 0.364. The van der Waals surface area contributed by atoms with Crippen LogP contribution in [0.15, 0.2) is 48.5 Å². The first-order valence-electron chi connectivity index (χ1n) is 10.2. The number of nitrogens with zero attached hydrogens (tertiary/aromatic N) is 2. The average Bonchev–Trinajstić information content (AvgIpc) is 3.16. The number of anilines is 1. The number of carbonyl (C=O) groups excluding carboxylic acids is 2. The van der Waals surface area contributed by atoms with E-state index in [2.05, 4.69) is 5.32 Å². The normalized spacial score (nSPS) is 19.8. The molecule has 170 valence electrons. The maximum Gasteiger partial charge on any atom is 0.418 e. The van der Waals surface area contributed by atoms with Gasteiger partial charge in [-0.05, 0) is 30.5 Å². The molecule has 3 amide bonds. The highest BCUT2D eigenvalue weighted by molar-refractivity contribution is 5.90. The number of carbonyl (C=O) groups is 2. The lowest BCUT2D eigenvalue weighted by atomic mass is 9.99. The van der Waals surface area contributed by atoms with Crippen LogP contribution in [0.25, 0.3) is 0 Å². The first-order chi connectivity index (χ1) is 15.3. The number of nitrogens with one attached hydrogen (secondary N) is 1. The minimum absolute atomic E-state index is 0.182. The number of alkyl halides is 3. The van der Waals surface area contributed by atoms with Gasteiger partial charge in [-0.2, -0.15) is 13.2 Å². The van der Waals surface area contributed by atoms with E-state index in [1.807, 2.05) is 30.3 Å². The van der Waals surface area contributed by atoms with E-state index in [1.165, 1.54) is 4.90 Å². The molecule has 2 fully saturated rings. The molecule has 0 radical (unpaired) electrons. The van der Waals surface area contributed by atoms with Gasteiger partial charge in [0.25, 0.3) is 0 Å². The highest BCUT2D eigenvalue weighted by Gasteiger charge is 2.41. The molecule has 1 atom stereocenters. The van der Waals surface area contributed by atoms with E-state index in [0.717, 1.165) is 17.7 Å². The van der Waals surface area contributed by atoms with Gasteiger partial charge in [-0.3, -0.25) is 4.90 Å². The van der Waals surface area contributed by atoms with Crippen LogP contribution in [0.1, 0.15) is 30.0 Å². The van der Waals surface area contributed by atoms with Gasteiger partial charge in [0.05, 0.1) is 17.3 Å².